The van der Waals surface area contributed by atoms with Gasteiger partial charge in [0.1, 0.15) is 11.5 Å². The molecule has 2 aromatic carbocycles. The van der Waals surface area contributed by atoms with Crippen LogP contribution in [0.2, 0.25) is 0 Å². The second-order valence-electron chi connectivity index (χ2n) is 5.32. The van der Waals surface area contributed by atoms with Crippen molar-refractivity contribution in [2.75, 3.05) is 19.5 Å². The number of thioether (sulfide) groups is 1. The zero-order valence-corrected chi connectivity index (χ0v) is 15.0. The van der Waals surface area contributed by atoms with Crippen LogP contribution in [-0.2, 0) is 6.42 Å². The molecule has 0 bridgehead atoms. The summed E-state index contributed by atoms with van der Waals surface area (Å²) >= 11 is 1.45. The van der Waals surface area contributed by atoms with Gasteiger partial charge in [-0.2, -0.15) is 5.26 Å². The normalized spacial score (nSPS) is 10.3. The Hall–Kier alpha value is -2.98. The summed E-state index contributed by atoms with van der Waals surface area (Å²) in [5.41, 5.74) is 1.69. The van der Waals surface area contributed by atoms with Gasteiger partial charge in [-0.25, -0.2) is 0 Å². The van der Waals surface area contributed by atoms with Gasteiger partial charge in [0.25, 0.3) is 5.22 Å². The van der Waals surface area contributed by atoms with E-state index >= 15 is 0 Å². The van der Waals surface area contributed by atoms with E-state index in [1.807, 2.05) is 24.3 Å². The number of methoxy groups -OCH3 is 1. The molecule has 132 valence electrons. The van der Waals surface area contributed by atoms with Crippen molar-refractivity contribution in [1.29, 1.82) is 5.26 Å². The second-order valence-corrected chi connectivity index (χ2v) is 6.37. The Morgan fingerprint density at radius 2 is 1.77 bits per heavy atom. The highest BCUT2D eigenvalue weighted by atomic mass is 32.2. The molecule has 0 spiro atoms. The van der Waals surface area contributed by atoms with E-state index in [2.05, 4.69) is 16.3 Å². The van der Waals surface area contributed by atoms with Crippen molar-refractivity contribution < 1.29 is 13.9 Å². The van der Waals surface area contributed by atoms with Gasteiger partial charge in [-0.15, -0.1) is 10.2 Å². The Morgan fingerprint density at radius 3 is 2.46 bits per heavy atom. The maximum atomic E-state index is 8.76. The van der Waals surface area contributed by atoms with Gasteiger partial charge in [0.15, 0.2) is 0 Å². The highest BCUT2D eigenvalue weighted by Crippen LogP contribution is 2.19. The summed E-state index contributed by atoms with van der Waals surface area (Å²) in [4.78, 5) is 0. The first kappa shape index (κ1) is 17.8. The summed E-state index contributed by atoms with van der Waals surface area (Å²) in [7, 11) is 1.64. The number of rotatable bonds is 8. The maximum Gasteiger partial charge on any atom is 0.276 e. The van der Waals surface area contributed by atoms with Crippen LogP contribution in [0.3, 0.4) is 0 Å². The number of nitrogens with zero attached hydrogens (tertiary/aromatic N) is 3. The lowest BCUT2D eigenvalue weighted by Gasteiger charge is -2.04. The van der Waals surface area contributed by atoms with Crippen molar-refractivity contribution in [3.05, 3.63) is 65.5 Å². The van der Waals surface area contributed by atoms with E-state index in [1.54, 1.807) is 31.4 Å². The standard InChI is InChI=1S/C19H17N3O3S/c1-23-16-6-2-14(3-7-16)12-18-21-22-19(25-18)26-11-10-24-17-8-4-15(13-20)5-9-17/h2-9H,10-12H2,1H3. The number of hydrogen-bond donors (Lipinski definition) is 0. The summed E-state index contributed by atoms with van der Waals surface area (Å²) in [5, 5.41) is 17.4. The monoisotopic (exact) mass is 367 g/mol. The van der Waals surface area contributed by atoms with Crippen LogP contribution >= 0.6 is 11.8 Å². The largest absolute Gasteiger partial charge is 0.497 e. The number of hydrogen-bond acceptors (Lipinski definition) is 7. The molecule has 7 heteroatoms. The maximum absolute atomic E-state index is 8.76. The van der Waals surface area contributed by atoms with Gasteiger partial charge in [0, 0.05) is 5.75 Å². The van der Waals surface area contributed by atoms with Gasteiger partial charge in [0.2, 0.25) is 5.89 Å². The highest BCUT2D eigenvalue weighted by molar-refractivity contribution is 7.99. The lowest BCUT2D eigenvalue weighted by molar-refractivity contribution is 0.343. The molecular formula is C19H17N3O3S. The van der Waals surface area contributed by atoms with Crippen LogP contribution in [0.1, 0.15) is 17.0 Å². The summed E-state index contributed by atoms with van der Waals surface area (Å²) in [6.07, 6.45) is 0.583. The predicted octanol–water partition coefficient (Wildman–Crippen LogP) is 3.71. The van der Waals surface area contributed by atoms with Crippen molar-refractivity contribution in [3.63, 3.8) is 0 Å². The molecule has 3 aromatic rings. The summed E-state index contributed by atoms with van der Waals surface area (Å²) in [6.45, 7) is 0.507. The molecule has 0 atom stereocenters. The molecule has 6 nitrogen and oxygen atoms in total. The minimum absolute atomic E-state index is 0.507. The Bertz CT molecular complexity index is 870. The Kier molecular flexibility index (Phi) is 6.12. The molecule has 0 saturated carbocycles. The van der Waals surface area contributed by atoms with E-state index in [-0.39, 0.29) is 0 Å². The first-order valence-corrected chi connectivity index (χ1v) is 8.96. The van der Waals surface area contributed by atoms with Crippen LogP contribution in [0, 0.1) is 11.3 Å². The van der Waals surface area contributed by atoms with Crippen molar-refractivity contribution in [2.24, 2.45) is 0 Å². The van der Waals surface area contributed by atoms with Crippen LogP contribution in [0.25, 0.3) is 0 Å². The molecule has 3 rings (SSSR count). The Morgan fingerprint density at radius 1 is 1.04 bits per heavy atom. The van der Waals surface area contributed by atoms with Crippen LogP contribution in [0.15, 0.2) is 58.2 Å². The third kappa shape index (κ3) is 5.01. The predicted molar refractivity (Wildman–Crippen MR) is 97.5 cm³/mol. The van der Waals surface area contributed by atoms with E-state index < -0.39 is 0 Å². The first-order valence-electron chi connectivity index (χ1n) is 7.98. The molecule has 0 amide bonds. The van der Waals surface area contributed by atoms with Crippen LogP contribution in [-0.4, -0.2) is 29.7 Å². The SMILES string of the molecule is COc1ccc(Cc2nnc(SCCOc3ccc(C#N)cc3)o2)cc1. The van der Waals surface area contributed by atoms with E-state index in [0.29, 0.717) is 35.5 Å². The number of ether oxygens (including phenoxy) is 2. The molecule has 0 fully saturated rings. The van der Waals surface area contributed by atoms with Crippen LogP contribution in [0.5, 0.6) is 11.5 Å². The van der Waals surface area contributed by atoms with Gasteiger partial charge >= 0.3 is 0 Å². The van der Waals surface area contributed by atoms with Crippen molar-refractivity contribution in [3.8, 4) is 17.6 Å². The molecule has 0 unspecified atom stereocenters. The van der Waals surface area contributed by atoms with Crippen molar-refractivity contribution >= 4 is 11.8 Å². The van der Waals surface area contributed by atoms with Crippen molar-refractivity contribution in [2.45, 2.75) is 11.6 Å². The molecule has 1 heterocycles. The minimum Gasteiger partial charge on any atom is -0.497 e. The number of benzene rings is 2. The van der Waals surface area contributed by atoms with E-state index in [0.717, 1.165) is 17.1 Å². The third-order valence-electron chi connectivity index (χ3n) is 3.52. The lowest BCUT2D eigenvalue weighted by Crippen LogP contribution is -1.99. The van der Waals surface area contributed by atoms with Gasteiger partial charge in [0.05, 0.1) is 31.8 Å². The molecule has 0 aliphatic rings. The van der Waals surface area contributed by atoms with Crippen molar-refractivity contribution in [1.82, 2.24) is 10.2 Å². The van der Waals surface area contributed by atoms with Gasteiger partial charge in [-0.1, -0.05) is 23.9 Å². The fourth-order valence-electron chi connectivity index (χ4n) is 2.20. The Balaban J connectivity index is 1.43. The van der Waals surface area contributed by atoms with Crippen LogP contribution in [0.4, 0.5) is 0 Å². The number of nitriles is 1. The molecular weight excluding hydrogens is 350 g/mol. The molecule has 0 radical (unpaired) electrons. The van der Waals surface area contributed by atoms with E-state index in [1.165, 1.54) is 11.8 Å². The lowest BCUT2D eigenvalue weighted by atomic mass is 10.1. The van der Waals surface area contributed by atoms with E-state index in [4.69, 9.17) is 19.2 Å². The molecule has 1 aromatic heterocycles. The van der Waals surface area contributed by atoms with Crippen LogP contribution < -0.4 is 9.47 Å². The minimum atomic E-state index is 0.507. The molecule has 0 saturated heterocycles. The molecule has 0 aliphatic carbocycles. The third-order valence-corrected chi connectivity index (χ3v) is 4.31. The molecule has 0 aliphatic heterocycles. The number of aromatic nitrogens is 2. The highest BCUT2D eigenvalue weighted by Gasteiger charge is 2.08. The summed E-state index contributed by atoms with van der Waals surface area (Å²) < 4.78 is 16.4. The average molecular weight is 367 g/mol. The zero-order valence-electron chi connectivity index (χ0n) is 14.2. The quantitative estimate of drug-likeness (QED) is 0.443. The second kappa shape index (κ2) is 8.92. The zero-order chi connectivity index (χ0) is 18.2. The fraction of sp³-hybridized carbons (Fsp3) is 0.211. The summed E-state index contributed by atoms with van der Waals surface area (Å²) in [5.74, 6) is 2.81. The fourth-order valence-corrected chi connectivity index (χ4v) is 2.80. The average Bonchev–Trinajstić information content (AvgIpc) is 3.13. The first-order chi connectivity index (χ1) is 12.8. The summed E-state index contributed by atoms with van der Waals surface area (Å²) in [6, 6.07) is 16.8. The van der Waals surface area contributed by atoms with Gasteiger partial charge in [-0.3, -0.25) is 0 Å². The van der Waals surface area contributed by atoms with Gasteiger partial charge in [-0.05, 0) is 42.0 Å². The molecule has 26 heavy (non-hydrogen) atoms. The Labute approximate surface area is 155 Å². The topological polar surface area (TPSA) is 81.2 Å². The van der Waals surface area contributed by atoms with Gasteiger partial charge < -0.3 is 13.9 Å². The van der Waals surface area contributed by atoms with E-state index in [9.17, 15) is 0 Å². The smallest absolute Gasteiger partial charge is 0.276 e. The molecule has 0 N–H and O–H groups in total.